The zero-order valence-corrected chi connectivity index (χ0v) is 12.3. The number of carboxylic acid groups (broad SMARTS) is 2. The van der Waals surface area contributed by atoms with Gasteiger partial charge in [-0.25, -0.2) is 4.79 Å². The van der Waals surface area contributed by atoms with E-state index >= 15 is 0 Å². The van der Waals surface area contributed by atoms with E-state index < -0.39 is 36.1 Å². The molecule has 0 amide bonds. The molecule has 128 valence electrons. The number of phenolic OH excluding ortho intramolecular Hbond substituents is 1. The summed E-state index contributed by atoms with van der Waals surface area (Å²) in [5.41, 5.74) is 0.478. The highest BCUT2D eigenvalue weighted by molar-refractivity contribution is 5.91. The van der Waals surface area contributed by atoms with Gasteiger partial charge in [0.05, 0.1) is 11.9 Å². The number of esters is 2. The zero-order chi connectivity index (χ0) is 18.3. The van der Waals surface area contributed by atoms with Crippen molar-refractivity contribution in [1.82, 2.24) is 0 Å². The van der Waals surface area contributed by atoms with Crippen LogP contribution in [0.2, 0.25) is 0 Å². The number of carbonyl (C=O) groups excluding carboxylic acids is 4. The Balaban J connectivity index is 2.85. The lowest BCUT2D eigenvalue weighted by molar-refractivity contribution is -0.334. The Bertz CT molecular complexity index is 660. The molecule has 9 nitrogen and oxygen atoms in total. The molecule has 0 aliphatic carbocycles. The maximum Gasteiger partial charge on any atom is 0.331 e. The number of hydrogen-bond acceptors (Lipinski definition) is 9. The minimum Gasteiger partial charge on any atom is -0.546 e. The van der Waals surface area contributed by atoms with Crippen molar-refractivity contribution in [3.63, 3.8) is 0 Å². The number of hydrogen-bond donors (Lipinski definition) is 1. The summed E-state index contributed by atoms with van der Waals surface area (Å²) in [6, 6.07) is 5.61. The number of phenols is 1. The molecule has 0 aliphatic heterocycles. The predicted molar refractivity (Wildman–Crippen MR) is 72.6 cm³/mol. The second kappa shape index (κ2) is 8.32. The van der Waals surface area contributed by atoms with Crippen molar-refractivity contribution in [3.05, 3.63) is 35.9 Å². The molecular weight excluding hydrogens is 324 g/mol. The van der Waals surface area contributed by atoms with E-state index in [4.69, 9.17) is 5.11 Å². The molecule has 0 radical (unpaired) electrons. The molecule has 0 heterocycles. The first-order chi connectivity index (χ1) is 11.2. The Morgan fingerprint density at radius 3 is 1.96 bits per heavy atom. The predicted octanol–water partition coefficient (Wildman–Crippen LogP) is -2.25. The van der Waals surface area contributed by atoms with Gasteiger partial charge in [0.1, 0.15) is 5.75 Å². The van der Waals surface area contributed by atoms with Crippen molar-refractivity contribution >= 4 is 30.0 Å². The topological polar surface area (TPSA) is 153 Å². The van der Waals surface area contributed by atoms with Gasteiger partial charge in [-0.15, -0.1) is 0 Å². The first-order valence-corrected chi connectivity index (χ1v) is 6.47. The fourth-order valence-electron chi connectivity index (χ4n) is 1.56. The van der Waals surface area contributed by atoms with Crippen LogP contribution >= 0.6 is 0 Å². The molecule has 1 aromatic rings. The highest BCUT2D eigenvalue weighted by atomic mass is 16.6. The molecule has 0 saturated carbocycles. The molecule has 24 heavy (non-hydrogen) atoms. The molecule has 0 fully saturated rings. The SMILES string of the molecule is CC(=O)O[C@@H](C(=O)[O-])[C@H](OC(=O)/C=C/c1ccc(O)cc1)C(=O)[O-]. The van der Waals surface area contributed by atoms with Gasteiger partial charge in [-0.05, 0) is 23.8 Å². The quantitative estimate of drug-likeness (QED) is 0.429. The van der Waals surface area contributed by atoms with Crippen molar-refractivity contribution in [2.24, 2.45) is 0 Å². The largest absolute Gasteiger partial charge is 0.546 e. The molecule has 0 spiro atoms. The summed E-state index contributed by atoms with van der Waals surface area (Å²) in [4.78, 5) is 44.2. The number of rotatable bonds is 7. The fraction of sp³-hybridized carbons (Fsp3) is 0.200. The van der Waals surface area contributed by atoms with Gasteiger partial charge in [0, 0.05) is 13.0 Å². The third-order valence-electron chi connectivity index (χ3n) is 2.58. The minimum atomic E-state index is -2.38. The standard InChI is InChI=1S/C15H14O9/c1-8(16)23-12(14(19)20)13(15(21)22)24-11(18)7-4-9-2-5-10(17)6-3-9/h2-7,12-13,17H,1H3,(H,19,20)(H,21,22)/p-2/b7-4+/t12-,13+/m1/s1. The first-order valence-electron chi connectivity index (χ1n) is 6.47. The summed E-state index contributed by atoms with van der Waals surface area (Å²) in [7, 11) is 0. The van der Waals surface area contributed by atoms with Gasteiger partial charge < -0.3 is 34.4 Å². The van der Waals surface area contributed by atoms with E-state index in [1.807, 2.05) is 0 Å². The number of aliphatic carboxylic acids is 2. The molecule has 2 atom stereocenters. The van der Waals surface area contributed by atoms with Gasteiger partial charge in [-0.1, -0.05) is 12.1 Å². The van der Waals surface area contributed by atoms with Crippen LogP contribution in [0.4, 0.5) is 0 Å². The number of carbonyl (C=O) groups is 4. The monoisotopic (exact) mass is 336 g/mol. The minimum absolute atomic E-state index is 0.00456. The second-order valence-corrected chi connectivity index (χ2v) is 4.45. The molecule has 1 aromatic carbocycles. The Morgan fingerprint density at radius 1 is 1.00 bits per heavy atom. The van der Waals surface area contributed by atoms with Gasteiger partial charge in [-0.2, -0.15) is 0 Å². The summed E-state index contributed by atoms with van der Waals surface area (Å²) in [5, 5.41) is 30.9. The molecule has 0 aromatic heterocycles. The summed E-state index contributed by atoms with van der Waals surface area (Å²) >= 11 is 0. The normalized spacial score (nSPS) is 13.0. The van der Waals surface area contributed by atoms with E-state index in [0.717, 1.165) is 13.0 Å². The molecule has 0 aliphatic rings. The van der Waals surface area contributed by atoms with E-state index in [1.54, 1.807) is 0 Å². The van der Waals surface area contributed by atoms with Crippen LogP contribution in [-0.2, 0) is 28.7 Å². The Hall–Kier alpha value is -3.36. The highest BCUT2D eigenvalue weighted by Crippen LogP contribution is 2.11. The summed E-state index contributed by atoms with van der Waals surface area (Å²) in [6.45, 7) is 0.842. The van der Waals surface area contributed by atoms with Gasteiger partial charge in [0.25, 0.3) is 0 Å². The summed E-state index contributed by atoms with van der Waals surface area (Å²) in [5.74, 6) is -6.45. The van der Waals surface area contributed by atoms with E-state index in [1.165, 1.54) is 30.3 Å². The lowest BCUT2D eigenvalue weighted by atomic mass is 10.2. The van der Waals surface area contributed by atoms with Crippen LogP contribution in [0.15, 0.2) is 30.3 Å². The molecule has 0 unspecified atom stereocenters. The van der Waals surface area contributed by atoms with Crippen molar-refractivity contribution in [3.8, 4) is 5.75 Å². The molecule has 1 rings (SSSR count). The van der Waals surface area contributed by atoms with Crippen LogP contribution in [0.1, 0.15) is 12.5 Å². The molecule has 0 saturated heterocycles. The van der Waals surface area contributed by atoms with Crippen LogP contribution < -0.4 is 10.2 Å². The van der Waals surface area contributed by atoms with Crippen molar-refractivity contribution in [2.75, 3.05) is 0 Å². The van der Waals surface area contributed by atoms with Gasteiger partial charge in [0.15, 0.2) is 12.2 Å². The average molecular weight is 336 g/mol. The average Bonchev–Trinajstić information content (AvgIpc) is 2.49. The maximum atomic E-state index is 11.6. The van der Waals surface area contributed by atoms with Crippen LogP contribution in [0, 0.1) is 0 Å². The van der Waals surface area contributed by atoms with Gasteiger partial charge in [-0.3, -0.25) is 4.79 Å². The summed E-state index contributed by atoms with van der Waals surface area (Å²) < 4.78 is 8.71. The highest BCUT2D eigenvalue weighted by Gasteiger charge is 2.30. The van der Waals surface area contributed by atoms with E-state index in [9.17, 15) is 29.4 Å². The third kappa shape index (κ3) is 5.79. The number of aromatic hydroxyl groups is 1. The van der Waals surface area contributed by atoms with Crippen LogP contribution in [0.3, 0.4) is 0 Å². The van der Waals surface area contributed by atoms with Crippen LogP contribution in [0.25, 0.3) is 6.08 Å². The van der Waals surface area contributed by atoms with Crippen molar-refractivity contribution in [1.29, 1.82) is 0 Å². The lowest BCUT2D eigenvalue weighted by Gasteiger charge is -2.27. The van der Waals surface area contributed by atoms with Crippen molar-refractivity contribution < 1.29 is 44.0 Å². The Kier molecular flexibility index (Phi) is 6.48. The van der Waals surface area contributed by atoms with E-state index in [0.29, 0.717) is 5.56 Å². The number of carboxylic acids is 2. The van der Waals surface area contributed by atoms with E-state index in [-0.39, 0.29) is 5.75 Å². The third-order valence-corrected chi connectivity index (χ3v) is 2.58. The molecular formula is C15H12O9-2. The number of benzene rings is 1. The maximum absolute atomic E-state index is 11.6. The number of ether oxygens (including phenoxy) is 2. The van der Waals surface area contributed by atoms with Gasteiger partial charge in [0.2, 0.25) is 0 Å². The second-order valence-electron chi connectivity index (χ2n) is 4.45. The van der Waals surface area contributed by atoms with Crippen LogP contribution in [0.5, 0.6) is 5.75 Å². The smallest absolute Gasteiger partial charge is 0.331 e. The fourth-order valence-corrected chi connectivity index (χ4v) is 1.56. The van der Waals surface area contributed by atoms with Crippen LogP contribution in [-0.4, -0.2) is 41.2 Å². The molecule has 0 bridgehead atoms. The summed E-state index contributed by atoms with van der Waals surface area (Å²) in [6.07, 6.45) is -2.68. The Morgan fingerprint density at radius 2 is 1.50 bits per heavy atom. The van der Waals surface area contributed by atoms with Crippen molar-refractivity contribution in [2.45, 2.75) is 19.1 Å². The lowest BCUT2D eigenvalue weighted by Crippen LogP contribution is -2.54. The zero-order valence-electron chi connectivity index (χ0n) is 12.3. The molecule has 9 heteroatoms. The van der Waals surface area contributed by atoms with Gasteiger partial charge >= 0.3 is 11.9 Å². The molecule has 1 N–H and O–H groups in total. The Labute approximate surface area is 135 Å². The van der Waals surface area contributed by atoms with E-state index in [2.05, 4.69) is 9.47 Å². The first kappa shape index (κ1) is 18.7.